The van der Waals surface area contributed by atoms with Crippen LogP contribution in [0.5, 0.6) is 5.75 Å². The molecule has 138 valence electrons. The summed E-state index contributed by atoms with van der Waals surface area (Å²) in [5.41, 5.74) is 2.67. The van der Waals surface area contributed by atoms with Gasteiger partial charge in [0, 0.05) is 6.04 Å². The zero-order chi connectivity index (χ0) is 17.5. The lowest BCUT2D eigenvalue weighted by atomic mass is 9.88. The van der Waals surface area contributed by atoms with Crippen molar-refractivity contribution >= 4 is 5.97 Å². The van der Waals surface area contributed by atoms with Crippen LogP contribution >= 0.6 is 0 Å². The van der Waals surface area contributed by atoms with Gasteiger partial charge in [-0.15, -0.1) is 0 Å². The predicted molar refractivity (Wildman–Crippen MR) is 98.2 cm³/mol. The van der Waals surface area contributed by atoms with E-state index in [-0.39, 0.29) is 12.6 Å². The topological polar surface area (TPSA) is 70.6 Å². The predicted octanol–water partition coefficient (Wildman–Crippen LogP) is 2.38. The summed E-state index contributed by atoms with van der Waals surface area (Å²) < 4.78 is 5.96. The molecule has 1 aromatic rings. The molecule has 0 saturated carbocycles. The third-order valence-corrected chi connectivity index (χ3v) is 5.43. The van der Waals surface area contributed by atoms with Crippen molar-refractivity contribution in [3.8, 4) is 5.75 Å². The number of carbonyl (C=O) groups is 1. The lowest BCUT2D eigenvalue weighted by Crippen LogP contribution is -2.37. The van der Waals surface area contributed by atoms with Crippen LogP contribution < -0.4 is 15.4 Å². The van der Waals surface area contributed by atoms with Crippen molar-refractivity contribution in [2.24, 2.45) is 5.92 Å². The minimum atomic E-state index is -0.793. The summed E-state index contributed by atoms with van der Waals surface area (Å²) in [6, 6.07) is 6.64. The molecule has 5 heteroatoms. The Kier molecular flexibility index (Phi) is 6.70. The molecule has 3 N–H and O–H groups in total. The average Bonchev–Trinajstić information content (AvgIpc) is 2.64. The van der Waals surface area contributed by atoms with Gasteiger partial charge in [0.1, 0.15) is 5.75 Å². The van der Waals surface area contributed by atoms with E-state index in [1.807, 2.05) is 0 Å². The molecule has 0 bridgehead atoms. The van der Waals surface area contributed by atoms with Crippen LogP contribution in [0.3, 0.4) is 0 Å². The fourth-order valence-corrected chi connectivity index (χ4v) is 3.96. The molecule has 2 aliphatic rings. The third-order valence-electron chi connectivity index (χ3n) is 5.43. The molecule has 0 amide bonds. The van der Waals surface area contributed by atoms with Gasteiger partial charge in [-0.05, 0) is 87.2 Å². The maximum Gasteiger partial charge on any atom is 0.317 e. The first kappa shape index (κ1) is 18.2. The van der Waals surface area contributed by atoms with E-state index in [1.165, 1.54) is 43.5 Å². The van der Waals surface area contributed by atoms with Crippen LogP contribution in [0, 0.1) is 5.92 Å². The van der Waals surface area contributed by atoms with Gasteiger partial charge in [0.2, 0.25) is 0 Å². The molecule has 25 heavy (non-hydrogen) atoms. The van der Waals surface area contributed by atoms with E-state index in [9.17, 15) is 4.79 Å². The van der Waals surface area contributed by atoms with E-state index in [4.69, 9.17) is 9.84 Å². The summed E-state index contributed by atoms with van der Waals surface area (Å²) in [5, 5.41) is 15.3. The van der Waals surface area contributed by atoms with Crippen molar-refractivity contribution in [2.45, 2.75) is 51.0 Å². The lowest BCUT2D eigenvalue weighted by Gasteiger charge is -2.25. The van der Waals surface area contributed by atoms with Crippen molar-refractivity contribution in [1.82, 2.24) is 10.6 Å². The van der Waals surface area contributed by atoms with Crippen LogP contribution in [0.2, 0.25) is 0 Å². The quantitative estimate of drug-likeness (QED) is 0.631. The number of rotatable bonds is 8. The molecule has 1 saturated heterocycles. The number of carboxylic acid groups (broad SMARTS) is 1. The van der Waals surface area contributed by atoms with Crippen molar-refractivity contribution in [1.29, 1.82) is 0 Å². The molecule has 1 aromatic carbocycles. The summed E-state index contributed by atoms with van der Waals surface area (Å²) in [5.74, 6) is 1.05. The number of carboxylic acids is 1. The van der Waals surface area contributed by atoms with E-state index in [1.54, 1.807) is 0 Å². The molecular weight excluding hydrogens is 316 g/mol. The first-order chi connectivity index (χ1) is 12.2. The zero-order valence-corrected chi connectivity index (χ0v) is 14.9. The number of nitrogens with one attached hydrogen (secondary N) is 2. The Balaban J connectivity index is 1.41. The molecule has 1 unspecified atom stereocenters. The number of benzene rings is 1. The van der Waals surface area contributed by atoms with Crippen LogP contribution in [-0.4, -0.2) is 43.4 Å². The second-order valence-electron chi connectivity index (χ2n) is 7.33. The van der Waals surface area contributed by atoms with Gasteiger partial charge in [-0.2, -0.15) is 0 Å². The molecule has 1 aliphatic carbocycles. The summed E-state index contributed by atoms with van der Waals surface area (Å²) in [4.78, 5) is 10.7. The molecule has 0 radical (unpaired) electrons. The summed E-state index contributed by atoms with van der Waals surface area (Å²) in [6.45, 7) is 3.17. The molecule has 0 spiro atoms. The fourth-order valence-electron chi connectivity index (χ4n) is 3.96. The zero-order valence-electron chi connectivity index (χ0n) is 14.9. The van der Waals surface area contributed by atoms with Gasteiger partial charge < -0.3 is 20.5 Å². The highest BCUT2D eigenvalue weighted by Crippen LogP contribution is 2.26. The number of ether oxygens (including phenoxy) is 1. The Bertz CT molecular complexity index is 570. The molecule has 1 fully saturated rings. The van der Waals surface area contributed by atoms with Crippen molar-refractivity contribution in [2.75, 3.05) is 26.2 Å². The number of aliphatic carboxylic acids is 1. The van der Waals surface area contributed by atoms with E-state index in [2.05, 4.69) is 28.8 Å². The van der Waals surface area contributed by atoms with E-state index in [0.717, 1.165) is 44.0 Å². The minimum Gasteiger partial charge on any atom is -0.494 e. The minimum absolute atomic E-state index is 0.0399. The van der Waals surface area contributed by atoms with Crippen molar-refractivity contribution < 1.29 is 14.6 Å². The summed E-state index contributed by atoms with van der Waals surface area (Å²) in [7, 11) is 0. The average molecular weight is 346 g/mol. The maximum absolute atomic E-state index is 10.7. The number of piperidine rings is 1. The molecule has 1 aliphatic heterocycles. The largest absolute Gasteiger partial charge is 0.494 e. The van der Waals surface area contributed by atoms with Crippen molar-refractivity contribution in [3.05, 3.63) is 29.3 Å². The molecule has 1 heterocycles. The van der Waals surface area contributed by atoms with E-state index >= 15 is 0 Å². The van der Waals surface area contributed by atoms with Gasteiger partial charge in [-0.3, -0.25) is 4.79 Å². The molecule has 1 atom stereocenters. The smallest absolute Gasteiger partial charge is 0.317 e. The number of fused-ring (bicyclic) bond motifs is 1. The molecule has 5 nitrogen and oxygen atoms in total. The number of hydrogen-bond acceptors (Lipinski definition) is 4. The molecular formula is C20H30N2O3. The Morgan fingerprint density at radius 3 is 2.88 bits per heavy atom. The highest BCUT2D eigenvalue weighted by molar-refractivity contribution is 5.69. The Morgan fingerprint density at radius 1 is 1.24 bits per heavy atom. The molecule has 0 aromatic heterocycles. The monoisotopic (exact) mass is 346 g/mol. The Morgan fingerprint density at radius 2 is 2.08 bits per heavy atom. The second kappa shape index (κ2) is 9.20. The summed E-state index contributed by atoms with van der Waals surface area (Å²) in [6.07, 6.45) is 7.87. The van der Waals surface area contributed by atoms with Gasteiger partial charge in [0.15, 0.2) is 0 Å². The lowest BCUT2D eigenvalue weighted by molar-refractivity contribution is -0.136. The van der Waals surface area contributed by atoms with E-state index in [0.29, 0.717) is 0 Å². The number of hydrogen-bond donors (Lipinski definition) is 3. The van der Waals surface area contributed by atoms with Gasteiger partial charge in [-0.25, -0.2) is 0 Å². The first-order valence-electron chi connectivity index (χ1n) is 9.61. The van der Waals surface area contributed by atoms with Crippen LogP contribution in [0.25, 0.3) is 0 Å². The highest BCUT2D eigenvalue weighted by Gasteiger charge is 2.19. The molecule has 3 rings (SSSR count). The van der Waals surface area contributed by atoms with Gasteiger partial charge in [0.05, 0.1) is 13.2 Å². The highest BCUT2D eigenvalue weighted by atomic mass is 16.5. The van der Waals surface area contributed by atoms with E-state index < -0.39 is 5.97 Å². The second-order valence-corrected chi connectivity index (χ2v) is 7.33. The fraction of sp³-hybridized carbons (Fsp3) is 0.650. The first-order valence-corrected chi connectivity index (χ1v) is 9.61. The van der Waals surface area contributed by atoms with Crippen LogP contribution in [0.1, 0.15) is 43.2 Å². The van der Waals surface area contributed by atoms with Gasteiger partial charge >= 0.3 is 5.97 Å². The van der Waals surface area contributed by atoms with Gasteiger partial charge in [0.25, 0.3) is 0 Å². The SMILES string of the molecule is O=C(O)CNC1CCc2cc(OCCCC3CCNCC3)ccc2C1. The third kappa shape index (κ3) is 5.72. The Hall–Kier alpha value is -1.59. The normalized spacial score (nSPS) is 20.9. The van der Waals surface area contributed by atoms with Gasteiger partial charge in [-0.1, -0.05) is 6.07 Å². The standard InChI is InChI=1S/C20H30N2O3/c23-20(24)14-22-18-5-3-17-13-19(6-4-16(17)12-18)25-11-1-2-15-7-9-21-10-8-15/h4,6,13,15,18,21-22H,1-3,5,7-12,14H2,(H,23,24). The van der Waals surface area contributed by atoms with Crippen molar-refractivity contribution in [3.63, 3.8) is 0 Å². The summed E-state index contributed by atoms with van der Waals surface area (Å²) >= 11 is 0. The Labute approximate surface area is 150 Å². The van der Waals surface area contributed by atoms with Crippen LogP contribution in [-0.2, 0) is 17.6 Å². The maximum atomic E-state index is 10.7. The van der Waals surface area contributed by atoms with Crippen LogP contribution in [0.4, 0.5) is 0 Å². The number of aryl methyl sites for hydroxylation is 1. The van der Waals surface area contributed by atoms with Crippen LogP contribution in [0.15, 0.2) is 18.2 Å².